The molecule has 0 fully saturated rings. The summed E-state index contributed by atoms with van der Waals surface area (Å²) in [6.45, 7) is 3.00. The number of rotatable bonds is 8. The van der Waals surface area contributed by atoms with Gasteiger partial charge in [-0.1, -0.05) is 60.1 Å². The molecule has 1 N–H and O–H groups in total. The van der Waals surface area contributed by atoms with Crippen molar-refractivity contribution in [2.75, 3.05) is 17.7 Å². The van der Waals surface area contributed by atoms with Crippen molar-refractivity contribution in [3.8, 4) is 0 Å². The molecule has 0 bridgehead atoms. The Labute approximate surface area is 185 Å². The first-order valence-electron chi connectivity index (χ1n) is 9.25. The van der Waals surface area contributed by atoms with Crippen LogP contribution in [0.25, 0.3) is 0 Å². The molecule has 1 amide bonds. The number of sulfonamides is 1. The third-order valence-electron chi connectivity index (χ3n) is 4.37. The molecule has 0 unspecified atom stereocenters. The van der Waals surface area contributed by atoms with Crippen LogP contribution >= 0.6 is 22.9 Å². The summed E-state index contributed by atoms with van der Waals surface area (Å²) in [5, 5.41) is 1.36. The maximum Gasteiger partial charge on any atom is 0.284 e. The van der Waals surface area contributed by atoms with Gasteiger partial charge in [-0.15, -0.1) is 11.3 Å². The fourth-order valence-corrected chi connectivity index (χ4v) is 4.54. The number of carbonyl (C=O) groups excluding carboxylic acids is 1. The molecule has 0 saturated heterocycles. The number of thiazole rings is 1. The number of amides is 1. The predicted molar refractivity (Wildman–Crippen MR) is 122 cm³/mol. The van der Waals surface area contributed by atoms with Crippen molar-refractivity contribution >= 4 is 44.0 Å². The van der Waals surface area contributed by atoms with Crippen molar-refractivity contribution in [1.29, 1.82) is 0 Å². The topological polar surface area (TPSA) is 79.4 Å². The van der Waals surface area contributed by atoms with Crippen LogP contribution in [0.4, 0.5) is 5.13 Å². The van der Waals surface area contributed by atoms with Gasteiger partial charge in [-0.05, 0) is 30.5 Å². The number of halogens is 1. The van der Waals surface area contributed by atoms with Crippen LogP contribution < -0.4 is 9.62 Å². The number of nitrogens with zero attached hydrogens (tertiary/aromatic N) is 2. The molecule has 0 spiro atoms. The van der Waals surface area contributed by atoms with Crippen molar-refractivity contribution < 1.29 is 13.2 Å². The third kappa shape index (κ3) is 6.04. The van der Waals surface area contributed by atoms with E-state index in [0.29, 0.717) is 34.5 Å². The average Bonchev–Trinajstić information content (AvgIpc) is 3.07. The van der Waals surface area contributed by atoms with E-state index in [1.807, 2.05) is 59.3 Å². The summed E-state index contributed by atoms with van der Waals surface area (Å²) < 4.78 is 24.8. The Kier molecular flexibility index (Phi) is 7.12. The summed E-state index contributed by atoms with van der Waals surface area (Å²) in [5.74, 6) is -0.719. The van der Waals surface area contributed by atoms with Crippen LogP contribution in [0.15, 0.2) is 54.6 Å². The Hall–Kier alpha value is -2.42. The van der Waals surface area contributed by atoms with E-state index in [4.69, 9.17) is 11.6 Å². The van der Waals surface area contributed by atoms with Gasteiger partial charge in [0.25, 0.3) is 5.91 Å². The highest BCUT2D eigenvalue weighted by Gasteiger charge is 2.21. The zero-order valence-electron chi connectivity index (χ0n) is 16.6. The summed E-state index contributed by atoms with van der Waals surface area (Å²) in [6, 6.07) is 17.6. The minimum atomic E-state index is -3.66. The average molecular weight is 464 g/mol. The molecular weight excluding hydrogens is 442 g/mol. The van der Waals surface area contributed by atoms with Crippen LogP contribution in [0.3, 0.4) is 0 Å². The second-order valence-electron chi connectivity index (χ2n) is 6.85. The molecule has 158 valence electrons. The van der Waals surface area contributed by atoms with Gasteiger partial charge in [-0.2, -0.15) is 0 Å². The Morgan fingerprint density at radius 2 is 1.80 bits per heavy atom. The Balaban J connectivity index is 1.87. The molecule has 0 radical (unpaired) electrons. The SMILES string of the molecule is Cc1sc(N(CCc2ccccc2Cl)Cc2ccccc2)nc1C(=O)NS(C)(=O)=O. The van der Waals surface area contributed by atoms with Crippen LogP contribution in [-0.2, 0) is 23.0 Å². The molecular formula is C21H22ClN3O3S2. The second kappa shape index (κ2) is 9.59. The molecule has 1 heterocycles. The zero-order chi connectivity index (χ0) is 21.7. The van der Waals surface area contributed by atoms with E-state index in [1.54, 1.807) is 6.92 Å². The smallest absolute Gasteiger partial charge is 0.284 e. The summed E-state index contributed by atoms with van der Waals surface area (Å²) in [4.78, 5) is 19.5. The van der Waals surface area contributed by atoms with Crippen molar-refractivity contribution in [3.63, 3.8) is 0 Å². The lowest BCUT2D eigenvalue weighted by atomic mass is 10.1. The molecule has 9 heteroatoms. The number of hydrogen-bond donors (Lipinski definition) is 1. The lowest BCUT2D eigenvalue weighted by Crippen LogP contribution is -2.30. The Morgan fingerprint density at radius 1 is 1.13 bits per heavy atom. The van der Waals surface area contributed by atoms with E-state index in [2.05, 4.69) is 9.88 Å². The predicted octanol–water partition coefficient (Wildman–Crippen LogP) is 4.04. The maximum absolute atomic E-state index is 12.3. The highest BCUT2D eigenvalue weighted by molar-refractivity contribution is 7.89. The van der Waals surface area contributed by atoms with E-state index in [1.165, 1.54) is 11.3 Å². The zero-order valence-corrected chi connectivity index (χ0v) is 19.0. The normalized spacial score (nSPS) is 11.3. The minimum Gasteiger partial charge on any atom is -0.343 e. The van der Waals surface area contributed by atoms with Crippen molar-refractivity contribution in [2.24, 2.45) is 0 Å². The van der Waals surface area contributed by atoms with Crippen LogP contribution in [0.1, 0.15) is 26.5 Å². The lowest BCUT2D eigenvalue weighted by Gasteiger charge is -2.22. The summed E-state index contributed by atoms with van der Waals surface area (Å²) in [6.07, 6.45) is 1.65. The number of aromatic nitrogens is 1. The highest BCUT2D eigenvalue weighted by Crippen LogP contribution is 2.28. The van der Waals surface area contributed by atoms with Gasteiger partial charge in [0.05, 0.1) is 6.26 Å². The van der Waals surface area contributed by atoms with Crippen LogP contribution in [0, 0.1) is 6.92 Å². The quantitative estimate of drug-likeness (QED) is 0.545. The van der Waals surface area contributed by atoms with Crippen LogP contribution in [0.5, 0.6) is 0 Å². The molecule has 0 aliphatic heterocycles. The Bertz CT molecular complexity index is 1130. The number of anilines is 1. The van der Waals surface area contributed by atoms with Crippen molar-refractivity contribution in [2.45, 2.75) is 19.9 Å². The molecule has 3 aromatic rings. The first-order chi connectivity index (χ1) is 14.2. The first-order valence-corrected chi connectivity index (χ1v) is 12.3. The monoisotopic (exact) mass is 463 g/mol. The molecule has 1 aromatic heterocycles. The molecule has 0 aliphatic rings. The Morgan fingerprint density at radius 3 is 2.47 bits per heavy atom. The second-order valence-corrected chi connectivity index (χ2v) is 10.2. The standard InChI is InChI=1S/C21H22ClN3O3S2/c1-15-19(20(26)24-30(2,27)28)23-21(29-15)25(14-16-8-4-3-5-9-16)13-12-17-10-6-7-11-18(17)22/h3-11H,12-14H2,1-2H3,(H,24,26). The van der Waals surface area contributed by atoms with Gasteiger partial charge >= 0.3 is 0 Å². The molecule has 0 atom stereocenters. The van der Waals surface area contributed by atoms with Crippen molar-refractivity contribution in [3.05, 3.63) is 81.3 Å². The van der Waals surface area contributed by atoms with E-state index < -0.39 is 15.9 Å². The third-order valence-corrected chi connectivity index (χ3v) is 6.33. The minimum absolute atomic E-state index is 0.122. The van der Waals surface area contributed by atoms with Gasteiger partial charge < -0.3 is 4.90 Å². The van der Waals surface area contributed by atoms with Gasteiger partial charge in [-0.3, -0.25) is 4.79 Å². The molecule has 3 rings (SSSR count). The fourth-order valence-electron chi connectivity index (χ4n) is 2.95. The van der Waals surface area contributed by atoms with Gasteiger partial charge in [0.15, 0.2) is 5.13 Å². The van der Waals surface area contributed by atoms with E-state index in [0.717, 1.165) is 17.4 Å². The van der Waals surface area contributed by atoms with Gasteiger partial charge in [0.1, 0.15) is 5.69 Å². The summed E-state index contributed by atoms with van der Waals surface area (Å²) >= 11 is 7.67. The fraction of sp³-hybridized carbons (Fsp3) is 0.238. The van der Waals surface area contributed by atoms with Crippen LogP contribution in [-0.4, -0.2) is 32.1 Å². The van der Waals surface area contributed by atoms with E-state index in [-0.39, 0.29) is 5.69 Å². The van der Waals surface area contributed by atoms with Gasteiger partial charge in [0, 0.05) is 23.0 Å². The molecule has 6 nitrogen and oxygen atoms in total. The maximum atomic E-state index is 12.3. The van der Waals surface area contributed by atoms with E-state index >= 15 is 0 Å². The number of benzene rings is 2. The molecule has 0 saturated carbocycles. The molecule has 0 aliphatic carbocycles. The van der Waals surface area contributed by atoms with Gasteiger partial charge in [0.2, 0.25) is 10.0 Å². The summed E-state index contributed by atoms with van der Waals surface area (Å²) in [5.41, 5.74) is 2.25. The molecule has 2 aromatic carbocycles. The van der Waals surface area contributed by atoms with Gasteiger partial charge in [-0.25, -0.2) is 18.1 Å². The van der Waals surface area contributed by atoms with E-state index in [9.17, 15) is 13.2 Å². The molecule has 30 heavy (non-hydrogen) atoms. The van der Waals surface area contributed by atoms with Crippen molar-refractivity contribution in [1.82, 2.24) is 9.71 Å². The number of hydrogen-bond acceptors (Lipinski definition) is 6. The lowest BCUT2D eigenvalue weighted by molar-refractivity contribution is 0.0977. The number of nitrogens with one attached hydrogen (secondary N) is 1. The van der Waals surface area contributed by atoms with Crippen LogP contribution in [0.2, 0.25) is 5.02 Å². The number of aryl methyl sites for hydroxylation is 1. The first kappa shape index (κ1) is 22.3. The highest BCUT2D eigenvalue weighted by atomic mass is 35.5. The number of carbonyl (C=O) groups is 1. The largest absolute Gasteiger partial charge is 0.343 e. The summed E-state index contributed by atoms with van der Waals surface area (Å²) in [7, 11) is -3.66.